The fraction of sp³-hybridized carbons (Fsp3) is 0. The van der Waals surface area contributed by atoms with Crippen LogP contribution in [0.4, 0.5) is 8.78 Å². The van der Waals surface area contributed by atoms with E-state index in [0.717, 1.165) is 16.8 Å². The van der Waals surface area contributed by atoms with Gasteiger partial charge >= 0.3 is 0 Å². The molecule has 3 aromatic carbocycles. The van der Waals surface area contributed by atoms with Gasteiger partial charge in [0.15, 0.2) is 5.82 Å². The van der Waals surface area contributed by atoms with Gasteiger partial charge in [-0.2, -0.15) is 14.6 Å². The summed E-state index contributed by atoms with van der Waals surface area (Å²) in [5, 5.41) is 9.03. The molecule has 37 heavy (non-hydrogen) atoms. The zero-order valence-corrected chi connectivity index (χ0v) is 19.9. The Kier molecular flexibility index (Phi) is 5.74. The summed E-state index contributed by atoms with van der Waals surface area (Å²) in [6.45, 7) is 0. The van der Waals surface area contributed by atoms with E-state index < -0.39 is 0 Å². The maximum Gasteiger partial charge on any atom is 0.291 e. The van der Waals surface area contributed by atoms with Crippen molar-refractivity contribution in [3.05, 3.63) is 129 Å². The topological polar surface area (TPSA) is 65.1 Å². The second-order valence-electron chi connectivity index (χ2n) is 8.19. The second-order valence-corrected chi connectivity index (χ2v) is 9.19. The van der Waals surface area contributed by atoms with Gasteiger partial charge in [0.05, 0.1) is 10.2 Å². The number of fused-ring (bicyclic) bond motifs is 1. The molecule has 0 fully saturated rings. The molecule has 0 radical (unpaired) electrons. The number of para-hydroxylation sites is 1. The highest BCUT2D eigenvalue weighted by Crippen LogP contribution is 2.25. The lowest BCUT2D eigenvalue weighted by atomic mass is 10.1. The van der Waals surface area contributed by atoms with Gasteiger partial charge in [0.25, 0.3) is 5.56 Å². The summed E-state index contributed by atoms with van der Waals surface area (Å²) in [7, 11) is 0. The predicted molar refractivity (Wildman–Crippen MR) is 140 cm³/mol. The molecule has 0 spiro atoms. The third kappa shape index (κ3) is 4.60. The summed E-state index contributed by atoms with van der Waals surface area (Å²) in [6, 6.07) is 21.7. The van der Waals surface area contributed by atoms with Crippen LogP contribution in [0.1, 0.15) is 17.0 Å². The Balaban J connectivity index is 1.40. The van der Waals surface area contributed by atoms with Crippen LogP contribution in [0.25, 0.3) is 40.1 Å². The van der Waals surface area contributed by atoms with E-state index in [-0.39, 0.29) is 17.2 Å². The largest absolute Gasteiger partial charge is 0.291 e. The molecular weight excluding hydrogens is 492 g/mol. The molecule has 0 saturated heterocycles. The van der Waals surface area contributed by atoms with Crippen LogP contribution in [0.3, 0.4) is 0 Å². The highest BCUT2D eigenvalue weighted by molar-refractivity contribution is 7.15. The molecule has 0 aliphatic rings. The number of nitrogens with zero attached hydrogens (tertiary/aromatic N) is 5. The minimum atomic E-state index is -0.339. The normalized spacial score (nSPS) is 12.2. The lowest BCUT2D eigenvalue weighted by molar-refractivity contribution is 0.627. The van der Waals surface area contributed by atoms with Crippen molar-refractivity contribution in [2.75, 3.05) is 0 Å². The first-order valence-electron chi connectivity index (χ1n) is 11.3. The Labute approximate surface area is 213 Å². The Morgan fingerprint density at radius 1 is 0.811 bits per heavy atom. The third-order valence-corrected chi connectivity index (χ3v) is 6.62. The number of halogens is 2. The average Bonchev–Trinajstić information content (AvgIpc) is 3.60. The first kappa shape index (κ1) is 22.7. The third-order valence-electron chi connectivity index (χ3n) is 5.66. The first-order valence-corrected chi connectivity index (χ1v) is 12.1. The van der Waals surface area contributed by atoms with Gasteiger partial charge in [0.1, 0.15) is 17.3 Å². The lowest BCUT2D eigenvalue weighted by Gasteiger charge is -2.00. The molecule has 6 rings (SSSR count). The first-order chi connectivity index (χ1) is 18.0. The number of hydrogen-bond donors (Lipinski definition) is 0. The highest BCUT2D eigenvalue weighted by atomic mass is 32.1. The van der Waals surface area contributed by atoms with Crippen molar-refractivity contribution in [1.29, 1.82) is 0 Å². The van der Waals surface area contributed by atoms with Crippen LogP contribution >= 0.6 is 11.3 Å². The van der Waals surface area contributed by atoms with E-state index in [1.807, 2.05) is 36.5 Å². The quantitative estimate of drug-likeness (QED) is 0.328. The fourth-order valence-electron chi connectivity index (χ4n) is 3.84. The van der Waals surface area contributed by atoms with E-state index in [4.69, 9.17) is 5.10 Å². The molecule has 6 aromatic rings. The molecular formula is C28H17F2N5OS. The minimum absolute atomic E-state index is 0.300. The van der Waals surface area contributed by atoms with E-state index in [2.05, 4.69) is 10.1 Å². The summed E-state index contributed by atoms with van der Waals surface area (Å²) in [6.07, 6.45) is 7.01. The van der Waals surface area contributed by atoms with Crippen LogP contribution in [0.5, 0.6) is 0 Å². The Morgan fingerprint density at radius 2 is 1.51 bits per heavy atom. The van der Waals surface area contributed by atoms with Gasteiger partial charge in [-0.1, -0.05) is 47.7 Å². The molecule has 0 bridgehead atoms. The van der Waals surface area contributed by atoms with Gasteiger partial charge < -0.3 is 0 Å². The van der Waals surface area contributed by atoms with Crippen molar-refractivity contribution in [3.8, 4) is 16.9 Å². The van der Waals surface area contributed by atoms with Crippen LogP contribution in [0.2, 0.25) is 0 Å². The Bertz CT molecular complexity index is 1850. The number of benzene rings is 3. The summed E-state index contributed by atoms with van der Waals surface area (Å²) in [4.78, 5) is 18.0. The van der Waals surface area contributed by atoms with Crippen LogP contribution in [0, 0.1) is 11.6 Å². The van der Waals surface area contributed by atoms with E-state index in [1.54, 1.807) is 47.2 Å². The standard InChI is InChI=1S/C28H17F2N5OS/c29-21-11-6-18(7-12-21)8-15-25-31-28-35(32-25)27(36)24(37-28)16-20-17-34(23-4-2-1-3-5-23)33-26(20)19-9-13-22(30)14-10-19/h1-17H/b15-8+,24-16-. The zero-order valence-electron chi connectivity index (χ0n) is 19.1. The molecule has 0 atom stereocenters. The zero-order chi connectivity index (χ0) is 25.4. The van der Waals surface area contributed by atoms with E-state index >= 15 is 0 Å². The lowest BCUT2D eigenvalue weighted by Crippen LogP contribution is -2.23. The molecule has 0 aliphatic carbocycles. The molecule has 0 amide bonds. The van der Waals surface area contributed by atoms with Crippen molar-refractivity contribution in [3.63, 3.8) is 0 Å². The average molecular weight is 510 g/mol. The van der Waals surface area contributed by atoms with Gasteiger partial charge in [-0.25, -0.2) is 13.5 Å². The van der Waals surface area contributed by atoms with Crippen molar-refractivity contribution >= 4 is 34.5 Å². The fourth-order valence-corrected chi connectivity index (χ4v) is 4.75. The van der Waals surface area contributed by atoms with Crippen molar-refractivity contribution in [2.24, 2.45) is 0 Å². The van der Waals surface area contributed by atoms with Gasteiger partial charge in [0.2, 0.25) is 4.96 Å². The number of aromatic nitrogens is 5. The number of hydrogen-bond acceptors (Lipinski definition) is 5. The monoisotopic (exact) mass is 509 g/mol. The van der Waals surface area contributed by atoms with Crippen LogP contribution in [-0.4, -0.2) is 24.4 Å². The van der Waals surface area contributed by atoms with Gasteiger partial charge in [-0.3, -0.25) is 4.79 Å². The molecule has 3 aromatic heterocycles. The molecule has 0 saturated carbocycles. The molecule has 9 heteroatoms. The molecule has 6 nitrogen and oxygen atoms in total. The number of rotatable bonds is 5. The Morgan fingerprint density at radius 3 is 2.22 bits per heavy atom. The predicted octanol–water partition coefficient (Wildman–Crippen LogP) is 5.00. The minimum Gasteiger partial charge on any atom is -0.266 e. The van der Waals surface area contributed by atoms with E-state index in [0.29, 0.717) is 26.6 Å². The van der Waals surface area contributed by atoms with Gasteiger partial charge in [-0.05, 0) is 66.2 Å². The van der Waals surface area contributed by atoms with Crippen molar-refractivity contribution in [2.45, 2.75) is 0 Å². The van der Waals surface area contributed by atoms with Crippen molar-refractivity contribution < 1.29 is 8.78 Å². The molecule has 0 N–H and O–H groups in total. The Hall–Kier alpha value is -4.76. The second kappa shape index (κ2) is 9.36. The maximum absolute atomic E-state index is 13.5. The molecule has 0 aliphatic heterocycles. The highest BCUT2D eigenvalue weighted by Gasteiger charge is 2.14. The smallest absolute Gasteiger partial charge is 0.266 e. The van der Waals surface area contributed by atoms with E-state index in [1.165, 1.54) is 40.1 Å². The molecule has 3 heterocycles. The van der Waals surface area contributed by atoms with Gasteiger partial charge in [-0.15, -0.1) is 5.10 Å². The van der Waals surface area contributed by atoms with E-state index in [9.17, 15) is 13.6 Å². The van der Waals surface area contributed by atoms with Crippen LogP contribution < -0.4 is 10.1 Å². The summed E-state index contributed by atoms with van der Waals surface area (Å²) in [5.41, 5.74) is 3.39. The molecule has 0 unspecified atom stereocenters. The summed E-state index contributed by atoms with van der Waals surface area (Å²) in [5.74, 6) is -0.272. The number of thiazole rings is 1. The SMILES string of the molecule is O=c1/c(=C/c2cn(-c3ccccc3)nc2-c2ccc(F)cc2)sc2nc(/C=C/c3ccc(F)cc3)nn12. The van der Waals surface area contributed by atoms with Crippen LogP contribution in [0.15, 0.2) is 89.9 Å². The van der Waals surface area contributed by atoms with Gasteiger partial charge in [0, 0.05) is 17.3 Å². The van der Waals surface area contributed by atoms with Crippen LogP contribution in [-0.2, 0) is 0 Å². The molecule has 180 valence electrons. The summed E-state index contributed by atoms with van der Waals surface area (Å²) < 4.78 is 30.1. The summed E-state index contributed by atoms with van der Waals surface area (Å²) >= 11 is 1.22. The maximum atomic E-state index is 13.5. The van der Waals surface area contributed by atoms with Crippen molar-refractivity contribution in [1.82, 2.24) is 24.4 Å².